The number of hydrogen-bond donors (Lipinski definition) is 3. The van der Waals surface area contributed by atoms with Crippen LogP contribution in [0.3, 0.4) is 0 Å². The van der Waals surface area contributed by atoms with Crippen LogP contribution in [-0.4, -0.2) is 24.1 Å². The van der Waals surface area contributed by atoms with E-state index in [2.05, 4.69) is 32.7 Å². The van der Waals surface area contributed by atoms with Crippen molar-refractivity contribution in [2.75, 3.05) is 14.1 Å². The maximum Gasteiger partial charge on any atom is 0.104 e. The van der Waals surface area contributed by atoms with Crippen molar-refractivity contribution in [3.8, 4) is 0 Å². The molecule has 3 N–H and O–H groups in total. The molecule has 0 amide bonds. The van der Waals surface area contributed by atoms with Crippen LogP contribution in [-0.2, 0) is 0 Å². The highest BCUT2D eigenvalue weighted by Gasteiger charge is 2.07. The number of nitrogens with zero attached hydrogens (tertiary/aromatic N) is 1. The molecule has 0 aliphatic carbocycles. The third-order valence-corrected chi connectivity index (χ3v) is 2.54. The summed E-state index contributed by atoms with van der Waals surface area (Å²) < 4.78 is 0. The van der Waals surface area contributed by atoms with Crippen molar-refractivity contribution in [1.82, 2.24) is 20.6 Å². The van der Waals surface area contributed by atoms with Crippen LogP contribution >= 0.6 is 0 Å². The molecular weight excluding hydrogens is 188 g/mol. The molecule has 0 aliphatic heterocycles. The van der Waals surface area contributed by atoms with E-state index in [0.29, 0.717) is 0 Å². The second-order valence-corrected chi connectivity index (χ2v) is 3.61. The van der Waals surface area contributed by atoms with Crippen molar-refractivity contribution >= 4 is 11.0 Å². The van der Waals surface area contributed by atoms with Crippen LogP contribution in [0.1, 0.15) is 17.6 Å². The highest BCUT2D eigenvalue weighted by molar-refractivity contribution is 5.75. The van der Waals surface area contributed by atoms with E-state index in [1.54, 1.807) is 0 Å². The zero-order chi connectivity index (χ0) is 10.8. The van der Waals surface area contributed by atoms with Crippen LogP contribution in [0.25, 0.3) is 11.0 Å². The third kappa shape index (κ3) is 1.86. The summed E-state index contributed by atoms with van der Waals surface area (Å²) in [6, 6.07) is 6.24. The molecule has 1 aromatic heterocycles. The van der Waals surface area contributed by atoms with Gasteiger partial charge in [-0.25, -0.2) is 4.98 Å². The standard InChI is InChI=1S/C11H16N4/c1-7-14-9-5-4-8(6-10(9)15-7)11(12-2)13-3/h4-6,11-13H,1-3H3,(H,14,15). The Morgan fingerprint density at radius 2 is 2.00 bits per heavy atom. The van der Waals surface area contributed by atoms with Gasteiger partial charge in [-0.05, 0) is 38.7 Å². The predicted octanol–water partition coefficient (Wildman–Crippen LogP) is 1.31. The number of aromatic nitrogens is 2. The fraction of sp³-hybridized carbons (Fsp3) is 0.364. The van der Waals surface area contributed by atoms with Crippen molar-refractivity contribution in [3.05, 3.63) is 29.6 Å². The third-order valence-electron chi connectivity index (χ3n) is 2.54. The maximum absolute atomic E-state index is 4.37. The van der Waals surface area contributed by atoms with E-state index < -0.39 is 0 Å². The molecule has 4 nitrogen and oxygen atoms in total. The molecule has 4 heteroatoms. The molecule has 0 saturated heterocycles. The summed E-state index contributed by atoms with van der Waals surface area (Å²) in [5, 5.41) is 6.39. The van der Waals surface area contributed by atoms with Crippen molar-refractivity contribution in [2.45, 2.75) is 13.1 Å². The Morgan fingerprint density at radius 3 is 2.67 bits per heavy atom. The number of fused-ring (bicyclic) bond motifs is 1. The lowest BCUT2D eigenvalue weighted by molar-refractivity contribution is 0.520. The zero-order valence-corrected chi connectivity index (χ0v) is 9.26. The predicted molar refractivity (Wildman–Crippen MR) is 61.7 cm³/mol. The second kappa shape index (κ2) is 4.00. The summed E-state index contributed by atoms with van der Waals surface area (Å²) in [6.45, 7) is 1.97. The quantitative estimate of drug-likeness (QED) is 0.661. The number of nitrogens with one attached hydrogen (secondary N) is 3. The number of H-pyrrole nitrogens is 1. The molecule has 0 spiro atoms. The van der Waals surface area contributed by atoms with Crippen molar-refractivity contribution < 1.29 is 0 Å². The molecule has 2 aromatic rings. The minimum atomic E-state index is 0.179. The normalized spacial score (nSPS) is 11.5. The van der Waals surface area contributed by atoms with Gasteiger partial charge in [0.15, 0.2) is 0 Å². The molecule has 0 bridgehead atoms. The lowest BCUT2D eigenvalue weighted by Crippen LogP contribution is -2.28. The molecule has 0 fully saturated rings. The number of aryl methyl sites for hydroxylation is 1. The van der Waals surface area contributed by atoms with Gasteiger partial charge >= 0.3 is 0 Å². The lowest BCUT2D eigenvalue weighted by Gasteiger charge is -2.15. The zero-order valence-electron chi connectivity index (χ0n) is 9.26. The molecule has 15 heavy (non-hydrogen) atoms. The van der Waals surface area contributed by atoms with Gasteiger partial charge in [0.1, 0.15) is 5.82 Å². The van der Waals surface area contributed by atoms with Crippen molar-refractivity contribution in [2.24, 2.45) is 0 Å². The van der Waals surface area contributed by atoms with Gasteiger partial charge in [0.05, 0.1) is 17.2 Å². The number of rotatable bonds is 3. The highest BCUT2D eigenvalue weighted by Crippen LogP contribution is 2.17. The Bertz CT molecular complexity index is 457. The average molecular weight is 204 g/mol. The van der Waals surface area contributed by atoms with E-state index in [4.69, 9.17) is 0 Å². The topological polar surface area (TPSA) is 52.7 Å². The van der Waals surface area contributed by atoms with E-state index in [-0.39, 0.29) is 6.17 Å². The molecule has 80 valence electrons. The van der Waals surface area contributed by atoms with Crippen LogP contribution in [0.2, 0.25) is 0 Å². The summed E-state index contributed by atoms with van der Waals surface area (Å²) in [4.78, 5) is 7.60. The van der Waals surface area contributed by atoms with Gasteiger partial charge in [-0.1, -0.05) is 6.07 Å². The Labute approximate surface area is 89.1 Å². The van der Waals surface area contributed by atoms with E-state index in [0.717, 1.165) is 16.9 Å². The second-order valence-electron chi connectivity index (χ2n) is 3.61. The van der Waals surface area contributed by atoms with Crippen molar-refractivity contribution in [3.63, 3.8) is 0 Å². The summed E-state index contributed by atoms with van der Waals surface area (Å²) in [7, 11) is 3.87. The molecule has 0 radical (unpaired) electrons. The van der Waals surface area contributed by atoms with Crippen LogP contribution in [0, 0.1) is 6.92 Å². The number of aromatic amines is 1. The van der Waals surface area contributed by atoms with Gasteiger partial charge in [-0.3, -0.25) is 0 Å². The molecule has 2 rings (SSSR count). The maximum atomic E-state index is 4.37. The van der Waals surface area contributed by atoms with Gasteiger partial charge < -0.3 is 15.6 Å². The van der Waals surface area contributed by atoms with Crippen molar-refractivity contribution in [1.29, 1.82) is 0 Å². The Kier molecular flexibility index (Phi) is 2.70. The van der Waals surface area contributed by atoms with Gasteiger partial charge in [0, 0.05) is 0 Å². The van der Waals surface area contributed by atoms with Crippen LogP contribution in [0.15, 0.2) is 18.2 Å². The van der Waals surface area contributed by atoms with E-state index in [1.807, 2.05) is 27.1 Å². The first-order valence-corrected chi connectivity index (χ1v) is 5.05. The highest BCUT2D eigenvalue weighted by atomic mass is 15.1. The molecule has 0 saturated carbocycles. The summed E-state index contributed by atoms with van der Waals surface area (Å²) >= 11 is 0. The summed E-state index contributed by atoms with van der Waals surface area (Å²) in [5.74, 6) is 0.951. The minimum Gasteiger partial charge on any atom is -0.342 e. The van der Waals surface area contributed by atoms with Crippen LogP contribution < -0.4 is 10.6 Å². The molecule has 0 unspecified atom stereocenters. The van der Waals surface area contributed by atoms with E-state index >= 15 is 0 Å². The summed E-state index contributed by atoms with van der Waals surface area (Å²) in [5.41, 5.74) is 3.30. The minimum absolute atomic E-state index is 0.179. The Hall–Kier alpha value is -1.39. The van der Waals surface area contributed by atoms with Gasteiger partial charge in [0.2, 0.25) is 0 Å². The Morgan fingerprint density at radius 1 is 1.27 bits per heavy atom. The SMILES string of the molecule is CNC(NC)c1ccc2nc(C)[nH]c2c1. The molecule has 0 atom stereocenters. The first-order valence-electron chi connectivity index (χ1n) is 5.05. The summed E-state index contributed by atoms with van der Waals surface area (Å²) in [6.07, 6.45) is 0.179. The fourth-order valence-electron chi connectivity index (χ4n) is 1.81. The number of imidazole rings is 1. The van der Waals surface area contributed by atoms with Gasteiger partial charge in [-0.15, -0.1) is 0 Å². The number of hydrogen-bond acceptors (Lipinski definition) is 3. The van der Waals surface area contributed by atoms with Crippen LogP contribution in [0.4, 0.5) is 0 Å². The molecular formula is C11H16N4. The molecule has 1 heterocycles. The van der Waals surface area contributed by atoms with E-state index in [9.17, 15) is 0 Å². The average Bonchev–Trinajstić information content (AvgIpc) is 2.59. The monoisotopic (exact) mass is 204 g/mol. The van der Waals surface area contributed by atoms with Gasteiger partial charge in [-0.2, -0.15) is 0 Å². The fourth-order valence-corrected chi connectivity index (χ4v) is 1.81. The largest absolute Gasteiger partial charge is 0.342 e. The molecule has 0 aliphatic rings. The smallest absolute Gasteiger partial charge is 0.104 e. The first kappa shape index (κ1) is 10.1. The lowest BCUT2D eigenvalue weighted by atomic mass is 10.1. The van der Waals surface area contributed by atoms with Crippen LogP contribution in [0.5, 0.6) is 0 Å². The van der Waals surface area contributed by atoms with E-state index in [1.165, 1.54) is 5.56 Å². The molecule has 1 aromatic carbocycles. The first-order chi connectivity index (χ1) is 7.24. The Balaban J connectivity index is 2.45. The van der Waals surface area contributed by atoms with Gasteiger partial charge in [0.25, 0.3) is 0 Å². The number of benzene rings is 1.